The highest BCUT2D eigenvalue weighted by molar-refractivity contribution is 7.19. The summed E-state index contributed by atoms with van der Waals surface area (Å²) >= 11 is 7.65. The fourth-order valence-electron chi connectivity index (χ4n) is 4.15. The van der Waals surface area contributed by atoms with Crippen molar-refractivity contribution in [1.82, 2.24) is 4.98 Å². The van der Waals surface area contributed by atoms with Gasteiger partial charge in [-0.25, -0.2) is 9.78 Å². The number of allylic oxidation sites excluding steroid dienone is 1. The lowest BCUT2D eigenvalue weighted by Gasteiger charge is -2.28. The summed E-state index contributed by atoms with van der Waals surface area (Å²) in [6, 6.07) is 22.5. The van der Waals surface area contributed by atoms with Gasteiger partial charge in [-0.3, -0.25) is 0 Å². The smallest absolute Gasteiger partial charge is 0.344 e. The standard InChI is InChI=1S/C25H15ClN2O3S/c26-14-11-9-13(10-12-14)19-20-22(15-5-1-3-7-17(15)30-25(20)29)31-23(27)21(19)24-28-16-6-2-4-8-18(16)32-24/h1-12,19H,27H2/t19-/m1/s1. The minimum absolute atomic E-state index is 0.215. The number of ether oxygens (including phenoxy) is 1. The van der Waals surface area contributed by atoms with Crippen LogP contribution in [0.2, 0.25) is 5.02 Å². The van der Waals surface area contributed by atoms with Gasteiger partial charge in [0.1, 0.15) is 10.6 Å². The Bertz CT molecular complexity index is 1570. The summed E-state index contributed by atoms with van der Waals surface area (Å²) in [6.45, 7) is 0. The maximum absolute atomic E-state index is 13.2. The van der Waals surface area contributed by atoms with Crippen molar-refractivity contribution in [3.63, 3.8) is 0 Å². The second kappa shape index (κ2) is 7.22. The van der Waals surface area contributed by atoms with E-state index in [2.05, 4.69) is 0 Å². The number of fused-ring (bicyclic) bond motifs is 4. The van der Waals surface area contributed by atoms with E-state index in [1.54, 1.807) is 18.2 Å². The van der Waals surface area contributed by atoms with Crippen molar-refractivity contribution in [3.8, 4) is 5.75 Å². The molecule has 1 aliphatic heterocycles. The highest BCUT2D eigenvalue weighted by Gasteiger charge is 2.37. The van der Waals surface area contributed by atoms with Gasteiger partial charge in [0.25, 0.3) is 0 Å². The van der Waals surface area contributed by atoms with Gasteiger partial charge in [0.15, 0.2) is 11.6 Å². The SMILES string of the molecule is NC1=C(c2nc3ccccc3s2)[C@H](c2ccc(Cl)cc2)c2c(c3ccccc3oc2=O)O1. The Morgan fingerprint density at radius 1 is 0.969 bits per heavy atom. The third kappa shape index (κ3) is 2.92. The van der Waals surface area contributed by atoms with Gasteiger partial charge in [-0.2, -0.15) is 0 Å². The first-order chi connectivity index (χ1) is 15.6. The van der Waals surface area contributed by atoms with E-state index in [-0.39, 0.29) is 5.88 Å². The van der Waals surface area contributed by atoms with Crippen LogP contribution in [0.25, 0.3) is 26.8 Å². The molecule has 32 heavy (non-hydrogen) atoms. The molecule has 3 aromatic carbocycles. The third-order valence-corrected chi connectivity index (χ3v) is 6.90. The van der Waals surface area contributed by atoms with Crippen LogP contribution in [0, 0.1) is 0 Å². The Morgan fingerprint density at radius 2 is 1.72 bits per heavy atom. The van der Waals surface area contributed by atoms with E-state index in [4.69, 9.17) is 31.5 Å². The van der Waals surface area contributed by atoms with E-state index in [0.717, 1.165) is 15.8 Å². The van der Waals surface area contributed by atoms with E-state index in [0.29, 0.717) is 37.9 Å². The predicted molar refractivity (Wildman–Crippen MR) is 127 cm³/mol. The van der Waals surface area contributed by atoms with Gasteiger partial charge in [-0.05, 0) is 42.0 Å². The fraction of sp³-hybridized carbons (Fsp3) is 0.0400. The lowest BCUT2D eigenvalue weighted by atomic mass is 9.83. The van der Waals surface area contributed by atoms with Gasteiger partial charge in [-0.15, -0.1) is 11.3 Å². The zero-order chi connectivity index (χ0) is 21.8. The Balaban J connectivity index is 1.67. The molecule has 0 saturated heterocycles. The van der Waals surface area contributed by atoms with Crippen molar-refractivity contribution in [2.75, 3.05) is 0 Å². The lowest BCUT2D eigenvalue weighted by molar-refractivity contribution is 0.399. The molecule has 5 nitrogen and oxygen atoms in total. The number of aromatic nitrogens is 1. The van der Waals surface area contributed by atoms with Crippen LogP contribution in [-0.4, -0.2) is 4.98 Å². The average Bonchev–Trinajstić information content (AvgIpc) is 3.22. The predicted octanol–water partition coefficient (Wildman–Crippen LogP) is 5.91. The molecule has 0 radical (unpaired) electrons. The molecule has 1 aliphatic rings. The largest absolute Gasteiger partial charge is 0.440 e. The number of hydrogen-bond acceptors (Lipinski definition) is 6. The Hall–Kier alpha value is -3.61. The molecule has 2 aromatic heterocycles. The lowest BCUT2D eigenvalue weighted by Crippen LogP contribution is -2.26. The second-order valence-corrected chi connectivity index (χ2v) is 8.95. The monoisotopic (exact) mass is 458 g/mol. The molecule has 0 unspecified atom stereocenters. The van der Waals surface area contributed by atoms with Crippen molar-refractivity contribution in [3.05, 3.63) is 110 Å². The second-order valence-electron chi connectivity index (χ2n) is 7.48. The van der Waals surface area contributed by atoms with Crippen molar-refractivity contribution in [1.29, 1.82) is 0 Å². The summed E-state index contributed by atoms with van der Waals surface area (Å²) in [6.07, 6.45) is 0. The molecule has 0 bridgehead atoms. The maximum Gasteiger partial charge on any atom is 0.344 e. The number of nitrogens with two attached hydrogens (primary N) is 1. The molecule has 0 saturated carbocycles. The van der Waals surface area contributed by atoms with Crippen LogP contribution >= 0.6 is 22.9 Å². The van der Waals surface area contributed by atoms with Crippen LogP contribution in [0.5, 0.6) is 5.75 Å². The van der Waals surface area contributed by atoms with Crippen LogP contribution in [0.1, 0.15) is 22.1 Å². The molecule has 0 amide bonds. The van der Waals surface area contributed by atoms with Gasteiger partial charge >= 0.3 is 5.63 Å². The fourth-order valence-corrected chi connectivity index (χ4v) is 5.32. The van der Waals surface area contributed by atoms with Gasteiger partial charge in [0, 0.05) is 5.02 Å². The molecule has 0 aliphatic carbocycles. The molecule has 156 valence electrons. The van der Waals surface area contributed by atoms with Crippen LogP contribution in [-0.2, 0) is 0 Å². The first kappa shape index (κ1) is 19.1. The summed E-state index contributed by atoms with van der Waals surface area (Å²) in [5.74, 6) is 0.115. The first-order valence-electron chi connectivity index (χ1n) is 9.95. The number of rotatable bonds is 2. The van der Waals surface area contributed by atoms with Crippen molar-refractivity contribution < 1.29 is 9.15 Å². The molecule has 2 N–H and O–H groups in total. The van der Waals surface area contributed by atoms with Gasteiger partial charge in [0.05, 0.1) is 32.7 Å². The molecule has 3 heterocycles. The van der Waals surface area contributed by atoms with Crippen molar-refractivity contribution in [2.24, 2.45) is 5.73 Å². The van der Waals surface area contributed by atoms with Crippen LogP contribution in [0.4, 0.5) is 0 Å². The minimum Gasteiger partial charge on any atom is -0.440 e. The van der Waals surface area contributed by atoms with Crippen LogP contribution < -0.4 is 16.1 Å². The highest BCUT2D eigenvalue weighted by atomic mass is 35.5. The van der Waals surface area contributed by atoms with E-state index < -0.39 is 11.5 Å². The molecule has 6 rings (SSSR count). The molecule has 7 heteroatoms. The van der Waals surface area contributed by atoms with Gasteiger partial charge in [-0.1, -0.05) is 48.0 Å². The topological polar surface area (TPSA) is 78.4 Å². The molecule has 0 fully saturated rings. The number of nitrogens with zero attached hydrogens (tertiary/aromatic N) is 1. The molecule has 1 atom stereocenters. The quantitative estimate of drug-likeness (QED) is 0.333. The van der Waals surface area contributed by atoms with E-state index in [9.17, 15) is 4.79 Å². The average molecular weight is 459 g/mol. The maximum atomic E-state index is 13.2. The number of para-hydroxylation sites is 2. The normalized spacial score (nSPS) is 15.7. The number of halogens is 1. The number of thiazole rings is 1. The van der Waals surface area contributed by atoms with Crippen molar-refractivity contribution >= 4 is 49.7 Å². The minimum atomic E-state index is -0.516. The molecular weight excluding hydrogens is 444 g/mol. The van der Waals surface area contributed by atoms with E-state index in [1.807, 2.05) is 54.6 Å². The molecule has 5 aromatic rings. The summed E-state index contributed by atoms with van der Waals surface area (Å²) in [5, 5.41) is 1.99. The zero-order valence-electron chi connectivity index (χ0n) is 16.5. The van der Waals surface area contributed by atoms with E-state index >= 15 is 0 Å². The number of hydrogen-bond donors (Lipinski definition) is 1. The molecular formula is C25H15ClN2O3S. The van der Waals surface area contributed by atoms with Gasteiger partial charge in [0.2, 0.25) is 0 Å². The summed E-state index contributed by atoms with van der Waals surface area (Å²) in [7, 11) is 0. The Kier molecular flexibility index (Phi) is 4.31. The van der Waals surface area contributed by atoms with Crippen molar-refractivity contribution in [2.45, 2.75) is 5.92 Å². The van der Waals surface area contributed by atoms with Gasteiger partial charge < -0.3 is 14.9 Å². The summed E-state index contributed by atoms with van der Waals surface area (Å²) < 4.78 is 12.8. The Labute approximate surface area is 191 Å². The molecule has 0 spiro atoms. The summed E-state index contributed by atoms with van der Waals surface area (Å²) in [5.41, 5.74) is 9.24. The van der Waals surface area contributed by atoms with Crippen LogP contribution in [0.3, 0.4) is 0 Å². The third-order valence-electron chi connectivity index (χ3n) is 5.58. The van der Waals surface area contributed by atoms with Crippen LogP contribution in [0.15, 0.2) is 87.9 Å². The highest BCUT2D eigenvalue weighted by Crippen LogP contribution is 2.48. The number of benzene rings is 3. The summed E-state index contributed by atoms with van der Waals surface area (Å²) in [4.78, 5) is 18.0. The first-order valence-corrected chi connectivity index (χ1v) is 11.1. The Morgan fingerprint density at radius 3 is 2.53 bits per heavy atom. The van der Waals surface area contributed by atoms with E-state index in [1.165, 1.54) is 11.3 Å². The zero-order valence-corrected chi connectivity index (χ0v) is 18.1.